The lowest BCUT2D eigenvalue weighted by atomic mass is 9.88. The Morgan fingerprint density at radius 3 is 2.37 bits per heavy atom. The molecule has 0 radical (unpaired) electrons. The molecule has 2 aliphatic rings. The monoisotopic (exact) mass is 290 g/mol. The SMILES string of the molecule is CCCCCO[C@H]1CO[C@H]([C@H]2CC[C@H](Cl)CC2)OC1. The molecule has 0 amide bonds. The zero-order valence-electron chi connectivity index (χ0n) is 12.0. The molecule has 0 aromatic carbocycles. The third-order valence-corrected chi connectivity index (χ3v) is 4.52. The van der Waals surface area contributed by atoms with Gasteiger partial charge < -0.3 is 14.2 Å². The predicted octanol–water partition coefficient (Wildman–Crippen LogP) is 3.73. The average molecular weight is 291 g/mol. The highest BCUT2D eigenvalue weighted by molar-refractivity contribution is 6.20. The summed E-state index contributed by atoms with van der Waals surface area (Å²) in [6, 6.07) is 0. The molecule has 1 saturated carbocycles. The van der Waals surface area contributed by atoms with Crippen LogP contribution in [0.15, 0.2) is 0 Å². The van der Waals surface area contributed by atoms with E-state index >= 15 is 0 Å². The van der Waals surface area contributed by atoms with Gasteiger partial charge in [0.2, 0.25) is 0 Å². The summed E-state index contributed by atoms with van der Waals surface area (Å²) in [5, 5.41) is 0.356. The first-order valence-corrected chi connectivity index (χ1v) is 8.22. The summed E-state index contributed by atoms with van der Waals surface area (Å²) in [6.45, 7) is 4.38. The minimum atomic E-state index is -0.0281. The molecule has 1 aliphatic carbocycles. The van der Waals surface area contributed by atoms with Gasteiger partial charge in [-0.15, -0.1) is 11.6 Å². The molecule has 0 N–H and O–H groups in total. The normalized spacial score (nSPS) is 36.3. The molecule has 0 spiro atoms. The van der Waals surface area contributed by atoms with Crippen LogP contribution in [0, 0.1) is 5.92 Å². The fourth-order valence-corrected chi connectivity index (χ4v) is 3.07. The van der Waals surface area contributed by atoms with Crippen molar-refractivity contribution in [1.82, 2.24) is 0 Å². The number of unbranched alkanes of at least 4 members (excludes halogenated alkanes) is 2. The first kappa shape index (κ1) is 15.6. The number of alkyl halides is 1. The van der Waals surface area contributed by atoms with Gasteiger partial charge in [-0.3, -0.25) is 0 Å². The minimum absolute atomic E-state index is 0.0281. The quantitative estimate of drug-likeness (QED) is 0.551. The van der Waals surface area contributed by atoms with E-state index in [9.17, 15) is 0 Å². The molecular weight excluding hydrogens is 264 g/mol. The molecule has 0 unspecified atom stereocenters. The van der Waals surface area contributed by atoms with Gasteiger partial charge in [-0.1, -0.05) is 19.8 Å². The van der Waals surface area contributed by atoms with Crippen molar-refractivity contribution < 1.29 is 14.2 Å². The second kappa shape index (κ2) is 8.46. The number of ether oxygens (including phenoxy) is 3. The predicted molar refractivity (Wildman–Crippen MR) is 76.6 cm³/mol. The molecule has 0 atom stereocenters. The van der Waals surface area contributed by atoms with Crippen LogP contribution in [0.2, 0.25) is 0 Å². The molecule has 0 bridgehead atoms. The summed E-state index contributed by atoms with van der Waals surface area (Å²) in [4.78, 5) is 0. The number of halogens is 1. The van der Waals surface area contributed by atoms with Crippen molar-refractivity contribution in [3.05, 3.63) is 0 Å². The lowest BCUT2D eigenvalue weighted by molar-refractivity contribution is -0.248. The second-order valence-electron chi connectivity index (χ2n) is 5.75. The third-order valence-electron chi connectivity index (χ3n) is 4.08. The molecule has 112 valence electrons. The van der Waals surface area contributed by atoms with Crippen molar-refractivity contribution in [2.75, 3.05) is 19.8 Å². The maximum atomic E-state index is 6.13. The van der Waals surface area contributed by atoms with E-state index in [0.29, 0.717) is 24.5 Å². The Bertz CT molecular complexity index is 234. The van der Waals surface area contributed by atoms with E-state index in [1.807, 2.05) is 0 Å². The van der Waals surface area contributed by atoms with Crippen LogP contribution in [0.25, 0.3) is 0 Å². The van der Waals surface area contributed by atoms with E-state index in [4.69, 9.17) is 25.8 Å². The Balaban J connectivity index is 1.59. The van der Waals surface area contributed by atoms with Crippen LogP contribution in [0.3, 0.4) is 0 Å². The molecule has 1 aliphatic heterocycles. The van der Waals surface area contributed by atoms with E-state index in [2.05, 4.69) is 6.92 Å². The van der Waals surface area contributed by atoms with Gasteiger partial charge in [0.1, 0.15) is 6.10 Å². The zero-order valence-corrected chi connectivity index (χ0v) is 12.7. The highest BCUT2D eigenvalue weighted by atomic mass is 35.5. The van der Waals surface area contributed by atoms with Crippen LogP contribution in [0.5, 0.6) is 0 Å². The highest BCUT2D eigenvalue weighted by Crippen LogP contribution is 2.32. The van der Waals surface area contributed by atoms with E-state index in [-0.39, 0.29) is 12.4 Å². The topological polar surface area (TPSA) is 27.7 Å². The van der Waals surface area contributed by atoms with Gasteiger partial charge in [-0.2, -0.15) is 0 Å². The summed E-state index contributed by atoms with van der Waals surface area (Å²) in [5.74, 6) is 0.524. The summed E-state index contributed by atoms with van der Waals surface area (Å²) < 4.78 is 17.4. The van der Waals surface area contributed by atoms with Gasteiger partial charge in [-0.25, -0.2) is 0 Å². The van der Waals surface area contributed by atoms with Crippen molar-refractivity contribution in [1.29, 1.82) is 0 Å². The maximum absolute atomic E-state index is 6.13. The first-order valence-electron chi connectivity index (χ1n) is 7.78. The molecule has 4 heteroatoms. The lowest BCUT2D eigenvalue weighted by Crippen LogP contribution is -2.42. The maximum Gasteiger partial charge on any atom is 0.160 e. The fourth-order valence-electron chi connectivity index (χ4n) is 2.82. The van der Waals surface area contributed by atoms with Crippen molar-refractivity contribution in [3.8, 4) is 0 Å². The standard InChI is InChI=1S/C15H27ClO3/c1-2-3-4-9-17-14-10-18-15(19-11-14)12-5-7-13(16)8-6-12/h12-15H,2-11H2,1H3/t12-,13-,14-,15-. The van der Waals surface area contributed by atoms with Crippen molar-refractivity contribution in [3.63, 3.8) is 0 Å². The van der Waals surface area contributed by atoms with E-state index in [0.717, 1.165) is 38.7 Å². The number of rotatable bonds is 6. The van der Waals surface area contributed by atoms with Gasteiger partial charge in [0, 0.05) is 17.9 Å². The Morgan fingerprint density at radius 1 is 1.05 bits per heavy atom. The Morgan fingerprint density at radius 2 is 1.74 bits per heavy atom. The molecule has 0 aromatic heterocycles. The molecule has 1 saturated heterocycles. The molecule has 3 nitrogen and oxygen atoms in total. The Labute approximate surface area is 121 Å². The summed E-state index contributed by atoms with van der Waals surface area (Å²) in [7, 11) is 0. The molecule has 0 aromatic rings. The van der Waals surface area contributed by atoms with Gasteiger partial charge in [0.25, 0.3) is 0 Å². The lowest BCUT2D eigenvalue weighted by Gasteiger charge is -2.36. The molecule has 1 heterocycles. The van der Waals surface area contributed by atoms with Crippen molar-refractivity contribution in [2.45, 2.75) is 69.6 Å². The van der Waals surface area contributed by atoms with E-state index in [1.54, 1.807) is 0 Å². The Hall–Kier alpha value is 0.170. The number of hydrogen-bond donors (Lipinski definition) is 0. The van der Waals surface area contributed by atoms with Crippen LogP contribution in [-0.4, -0.2) is 37.6 Å². The third kappa shape index (κ3) is 5.22. The fraction of sp³-hybridized carbons (Fsp3) is 1.00. The summed E-state index contributed by atoms with van der Waals surface area (Å²) >= 11 is 6.13. The van der Waals surface area contributed by atoms with Gasteiger partial charge in [0.15, 0.2) is 6.29 Å². The van der Waals surface area contributed by atoms with Crippen LogP contribution >= 0.6 is 11.6 Å². The van der Waals surface area contributed by atoms with Crippen LogP contribution in [0.4, 0.5) is 0 Å². The first-order chi connectivity index (χ1) is 9.29. The van der Waals surface area contributed by atoms with Crippen LogP contribution < -0.4 is 0 Å². The van der Waals surface area contributed by atoms with E-state index < -0.39 is 0 Å². The van der Waals surface area contributed by atoms with Gasteiger partial charge in [0.05, 0.1) is 13.2 Å². The largest absolute Gasteiger partial charge is 0.373 e. The van der Waals surface area contributed by atoms with Crippen LogP contribution in [0.1, 0.15) is 51.9 Å². The van der Waals surface area contributed by atoms with Crippen molar-refractivity contribution in [2.24, 2.45) is 5.92 Å². The molecule has 2 rings (SSSR count). The highest BCUT2D eigenvalue weighted by Gasteiger charge is 2.32. The molecule has 2 fully saturated rings. The molecule has 19 heavy (non-hydrogen) atoms. The van der Waals surface area contributed by atoms with Crippen molar-refractivity contribution >= 4 is 11.6 Å². The van der Waals surface area contributed by atoms with Gasteiger partial charge >= 0.3 is 0 Å². The summed E-state index contributed by atoms with van der Waals surface area (Å²) in [6.07, 6.45) is 8.12. The van der Waals surface area contributed by atoms with E-state index in [1.165, 1.54) is 12.8 Å². The second-order valence-corrected chi connectivity index (χ2v) is 6.36. The minimum Gasteiger partial charge on any atom is -0.373 e. The van der Waals surface area contributed by atoms with Gasteiger partial charge in [-0.05, 0) is 32.1 Å². The molecular formula is C15H27ClO3. The summed E-state index contributed by atoms with van der Waals surface area (Å²) in [5.41, 5.74) is 0. The average Bonchev–Trinajstić information content (AvgIpc) is 2.45. The van der Waals surface area contributed by atoms with Crippen LogP contribution in [-0.2, 0) is 14.2 Å². The number of hydrogen-bond acceptors (Lipinski definition) is 3. The smallest absolute Gasteiger partial charge is 0.160 e. The zero-order chi connectivity index (χ0) is 13.5. The Kier molecular flexibility index (Phi) is 6.92.